The first-order valence-electron chi connectivity index (χ1n) is 7.28. The third-order valence-electron chi connectivity index (χ3n) is 4.54. The number of anilines is 1. The number of hydrogen-bond acceptors (Lipinski definition) is 4. The highest BCUT2D eigenvalue weighted by Gasteiger charge is 2.29. The third-order valence-corrected chi connectivity index (χ3v) is 5.49. The van der Waals surface area contributed by atoms with Gasteiger partial charge in [-0.3, -0.25) is 0 Å². The van der Waals surface area contributed by atoms with Crippen molar-refractivity contribution in [3.8, 4) is 0 Å². The maximum absolute atomic E-state index is 4.77. The number of nitrogens with one attached hydrogen (secondary N) is 1. The van der Waals surface area contributed by atoms with Crippen LogP contribution in [0.3, 0.4) is 0 Å². The number of hydrogen-bond donors (Lipinski definition) is 1. The van der Waals surface area contributed by atoms with Gasteiger partial charge in [-0.05, 0) is 45.1 Å². The van der Waals surface area contributed by atoms with Crippen molar-refractivity contribution in [2.75, 3.05) is 19.0 Å². The first-order chi connectivity index (χ1) is 8.93. The second-order valence-electron chi connectivity index (χ2n) is 6.57. The summed E-state index contributed by atoms with van der Waals surface area (Å²) in [4.78, 5) is 7.17. The fourth-order valence-corrected chi connectivity index (χ4v) is 3.67. The van der Waals surface area contributed by atoms with Gasteiger partial charge in [0.15, 0.2) is 5.13 Å². The van der Waals surface area contributed by atoms with E-state index >= 15 is 0 Å². The van der Waals surface area contributed by atoms with Crippen molar-refractivity contribution < 1.29 is 0 Å². The van der Waals surface area contributed by atoms with Crippen LogP contribution in [0.25, 0.3) is 0 Å². The van der Waals surface area contributed by atoms with Crippen LogP contribution in [0.4, 0.5) is 5.13 Å². The van der Waals surface area contributed by atoms with Gasteiger partial charge < -0.3 is 10.2 Å². The van der Waals surface area contributed by atoms with Crippen LogP contribution in [-0.2, 0) is 0 Å². The van der Waals surface area contributed by atoms with E-state index in [1.165, 1.54) is 30.8 Å². The zero-order chi connectivity index (χ0) is 14.0. The van der Waals surface area contributed by atoms with Crippen molar-refractivity contribution in [2.45, 2.75) is 58.5 Å². The number of nitrogens with zero attached hydrogens (tertiary/aromatic N) is 2. The van der Waals surface area contributed by atoms with Gasteiger partial charge in [-0.2, -0.15) is 0 Å². The van der Waals surface area contributed by atoms with Crippen LogP contribution >= 0.6 is 11.3 Å². The summed E-state index contributed by atoms with van der Waals surface area (Å²) in [6.07, 6.45) is 5.24. The molecule has 1 aromatic heterocycles. The van der Waals surface area contributed by atoms with Crippen LogP contribution in [0, 0.1) is 5.41 Å². The lowest BCUT2D eigenvalue weighted by molar-refractivity contribution is 0.222. The second-order valence-corrected chi connectivity index (χ2v) is 7.41. The lowest BCUT2D eigenvalue weighted by Gasteiger charge is -2.38. The van der Waals surface area contributed by atoms with Gasteiger partial charge >= 0.3 is 0 Å². The Labute approximate surface area is 121 Å². The van der Waals surface area contributed by atoms with Gasteiger partial charge in [-0.15, -0.1) is 11.3 Å². The van der Waals surface area contributed by atoms with Gasteiger partial charge in [-0.1, -0.05) is 13.8 Å². The lowest BCUT2D eigenvalue weighted by Crippen LogP contribution is -2.37. The maximum atomic E-state index is 4.77. The summed E-state index contributed by atoms with van der Waals surface area (Å²) in [5, 5.41) is 6.60. The Balaban J connectivity index is 2.00. The molecule has 0 amide bonds. The summed E-state index contributed by atoms with van der Waals surface area (Å²) in [6, 6.07) is 1.00. The molecule has 0 bridgehead atoms. The molecule has 0 spiro atoms. The Kier molecular flexibility index (Phi) is 4.51. The van der Waals surface area contributed by atoms with E-state index in [1.807, 2.05) is 7.05 Å². The molecule has 1 fully saturated rings. The molecule has 2 rings (SSSR count). The molecule has 3 nitrogen and oxygen atoms in total. The molecule has 0 saturated heterocycles. The molecule has 1 aliphatic rings. The second kappa shape index (κ2) is 5.80. The molecular weight excluding hydrogens is 254 g/mol. The zero-order valence-electron chi connectivity index (χ0n) is 12.9. The molecular formula is C15H27N3S. The molecule has 1 atom stereocenters. The van der Waals surface area contributed by atoms with E-state index < -0.39 is 0 Å². The molecule has 1 saturated carbocycles. The Morgan fingerprint density at radius 1 is 1.42 bits per heavy atom. The van der Waals surface area contributed by atoms with Gasteiger partial charge in [0.2, 0.25) is 0 Å². The van der Waals surface area contributed by atoms with Crippen molar-refractivity contribution in [3.05, 3.63) is 11.1 Å². The molecule has 0 aliphatic heterocycles. The van der Waals surface area contributed by atoms with E-state index in [1.54, 1.807) is 11.3 Å². The molecule has 1 aliphatic carbocycles. The number of thiazole rings is 1. The predicted molar refractivity (Wildman–Crippen MR) is 84.0 cm³/mol. The van der Waals surface area contributed by atoms with E-state index in [0.29, 0.717) is 17.5 Å². The van der Waals surface area contributed by atoms with Gasteiger partial charge in [-0.25, -0.2) is 4.98 Å². The van der Waals surface area contributed by atoms with Crippen LogP contribution in [0.5, 0.6) is 0 Å². The number of rotatable bonds is 4. The first-order valence-corrected chi connectivity index (χ1v) is 8.16. The Bertz CT molecular complexity index is 403. The molecule has 19 heavy (non-hydrogen) atoms. The third kappa shape index (κ3) is 3.48. The Morgan fingerprint density at radius 2 is 2.05 bits per heavy atom. The van der Waals surface area contributed by atoms with Gasteiger partial charge in [0.05, 0.1) is 5.69 Å². The summed E-state index contributed by atoms with van der Waals surface area (Å²) in [6.45, 7) is 6.93. The summed E-state index contributed by atoms with van der Waals surface area (Å²) in [5.74, 6) is 0. The average molecular weight is 281 g/mol. The van der Waals surface area contributed by atoms with Crippen molar-refractivity contribution in [2.24, 2.45) is 5.41 Å². The maximum Gasteiger partial charge on any atom is 0.185 e. The highest BCUT2D eigenvalue weighted by Crippen LogP contribution is 2.38. The van der Waals surface area contributed by atoms with Crippen LogP contribution in [-0.4, -0.2) is 25.1 Å². The van der Waals surface area contributed by atoms with E-state index in [-0.39, 0.29) is 0 Å². The SMILES string of the molecule is CNC(C)c1csc(N(C)C2CCC(C)(C)CC2)n1. The van der Waals surface area contributed by atoms with Crippen LogP contribution < -0.4 is 10.2 Å². The summed E-state index contributed by atoms with van der Waals surface area (Å²) >= 11 is 1.77. The minimum atomic E-state index is 0.337. The lowest BCUT2D eigenvalue weighted by atomic mass is 9.75. The fourth-order valence-electron chi connectivity index (χ4n) is 2.71. The monoisotopic (exact) mass is 281 g/mol. The molecule has 108 valence electrons. The highest BCUT2D eigenvalue weighted by molar-refractivity contribution is 7.13. The molecule has 1 unspecified atom stereocenters. The van der Waals surface area contributed by atoms with Gasteiger partial charge in [0.1, 0.15) is 0 Å². The minimum absolute atomic E-state index is 0.337. The van der Waals surface area contributed by atoms with Crippen molar-refractivity contribution in [1.29, 1.82) is 0 Å². The summed E-state index contributed by atoms with van der Waals surface area (Å²) < 4.78 is 0. The summed E-state index contributed by atoms with van der Waals surface area (Å²) in [5.41, 5.74) is 1.69. The molecule has 1 heterocycles. The summed E-state index contributed by atoms with van der Waals surface area (Å²) in [7, 11) is 4.19. The average Bonchev–Trinajstić information content (AvgIpc) is 2.86. The smallest absolute Gasteiger partial charge is 0.185 e. The molecule has 1 N–H and O–H groups in total. The van der Waals surface area contributed by atoms with E-state index in [9.17, 15) is 0 Å². The van der Waals surface area contributed by atoms with E-state index in [0.717, 1.165) is 5.69 Å². The largest absolute Gasteiger partial charge is 0.348 e. The van der Waals surface area contributed by atoms with Crippen molar-refractivity contribution >= 4 is 16.5 Å². The van der Waals surface area contributed by atoms with Crippen LogP contribution in [0.2, 0.25) is 0 Å². The first kappa shape index (κ1) is 14.8. The number of aromatic nitrogens is 1. The van der Waals surface area contributed by atoms with Crippen LogP contribution in [0.15, 0.2) is 5.38 Å². The zero-order valence-corrected chi connectivity index (χ0v) is 13.7. The van der Waals surface area contributed by atoms with Gasteiger partial charge in [0, 0.05) is 24.5 Å². The Hall–Kier alpha value is -0.610. The van der Waals surface area contributed by atoms with E-state index in [2.05, 4.69) is 43.4 Å². The fraction of sp³-hybridized carbons (Fsp3) is 0.800. The van der Waals surface area contributed by atoms with Gasteiger partial charge in [0.25, 0.3) is 0 Å². The minimum Gasteiger partial charge on any atom is -0.348 e. The van der Waals surface area contributed by atoms with Crippen LogP contribution in [0.1, 0.15) is 58.2 Å². The molecule has 4 heteroatoms. The molecule has 1 aromatic rings. The Morgan fingerprint density at radius 3 is 2.63 bits per heavy atom. The molecule has 0 radical (unpaired) electrons. The normalized spacial score (nSPS) is 21.3. The quantitative estimate of drug-likeness (QED) is 0.909. The molecule has 0 aromatic carbocycles. The van der Waals surface area contributed by atoms with E-state index in [4.69, 9.17) is 4.98 Å². The van der Waals surface area contributed by atoms with Crippen molar-refractivity contribution in [1.82, 2.24) is 10.3 Å². The topological polar surface area (TPSA) is 28.2 Å². The standard InChI is InChI=1S/C15H27N3S/c1-11(16-4)13-10-19-14(17-13)18(5)12-6-8-15(2,3)9-7-12/h10-12,16H,6-9H2,1-5H3. The van der Waals surface area contributed by atoms with Crippen molar-refractivity contribution in [3.63, 3.8) is 0 Å². The predicted octanol–water partition coefficient (Wildman–Crippen LogP) is 3.83. The highest BCUT2D eigenvalue weighted by atomic mass is 32.1.